The van der Waals surface area contributed by atoms with E-state index in [0.717, 1.165) is 0 Å². The number of hydrogen-bond acceptors (Lipinski definition) is 7. The van der Waals surface area contributed by atoms with Gasteiger partial charge in [0.1, 0.15) is 22.9 Å². The summed E-state index contributed by atoms with van der Waals surface area (Å²) in [5.41, 5.74) is 0.289. The van der Waals surface area contributed by atoms with E-state index in [1.165, 1.54) is 0 Å². The van der Waals surface area contributed by atoms with Crippen molar-refractivity contribution in [3.05, 3.63) is 28.7 Å². The summed E-state index contributed by atoms with van der Waals surface area (Å²) in [4.78, 5) is 4.29. The third-order valence-electron chi connectivity index (χ3n) is 2.88. The number of ether oxygens (including phenoxy) is 1. The Balaban J connectivity index is 2.20. The van der Waals surface area contributed by atoms with Crippen LogP contribution in [0.25, 0.3) is 0 Å². The molecule has 0 unspecified atom stereocenters. The van der Waals surface area contributed by atoms with Gasteiger partial charge in [-0.3, -0.25) is 0 Å². The summed E-state index contributed by atoms with van der Waals surface area (Å²) in [6.45, 7) is 7.88. The molecule has 0 atom stereocenters. The van der Waals surface area contributed by atoms with Crippen LogP contribution in [0.5, 0.6) is 0 Å². The van der Waals surface area contributed by atoms with E-state index < -0.39 is 5.60 Å². The Hall–Kier alpha value is -2.20. The first-order valence-electron chi connectivity index (χ1n) is 6.30. The molecule has 0 aliphatic carbocycles. The molecule has 2 heterocycles. The Labute approximate surface area is 116 Å². The average Bonchev–Trinajstić information content (AvgIpc) is 2.98. The predicted molar refractivity (Wildman–Crippen MR) is 67.7 cm³/mol. The largest absolute Gasteiger partial charge is 0.368 e. The second-order valence-corrected chi connectivity index (χ2v) is 4.80. The molecule has 106 valence electrons. The summed E-state index contributed by atoms with van der Waals surface area (Å²) < 4.78 is 15.7. The van der Waals surface area contributed by atoms with Crippen LogP contribution in [0.2, 0.25) is 0 Å². The lowest BCUT2D eigenvalue weighted by molar-refractivity contribution is -0.0221. The zero-order valence-corrected chi connectivity index (χ0v) is 11.9. The number of aromatic nitrogens is 3. The summed E-state index contributed by atoms with van der Waals surface area (Å²) >= 11 is 0. The van der Waals surface area contributed by atoms with E-state index >= 15 is 0 Å². The fraction of sp³-hybridized carbons (Fsp3) is 0.538. The number of hydrogen-bond donors (Lipinski definition) is 0. The van der Waals surface area contributed by atoms with Crippen molar-refractivity contribution in [3.63, 3.8) is 0 Å². The Kier molecular flexibility index (Phi) is 3.86. The fourth-order valence-corrected chi connectivity index (χ4v) is 1.82. The highest BCUT2D eigenvalue weighted by molar-refractivity contribution is 5.36. The molecule has 7 heteroatoms. The Morgan fingerprint density at radius 3 is 2.70 bits per heavy atom. The smallest absolute Gasteiger partial charge is 0.232 e. The van der Waals surface area contributed by atoms with Crippen LogP contribution in [0.3, 0.4) is 0 Å². The highest BCUT2D eigenvalue weighted by Crippen LogP contribution is 2.22. The number of rotatable bonds is 5. The predicted octanol–water partition coefficient (Wildman–Crippen LogP) is 2.10. The molecule has 0 saturated heterocycles. The van der Waals surface area contributed by atoms with E-state index in [2.05, 4.69) is 21.4 Å². The second-order valence-electron chi connectivity index (χ2n) is 4.80. The Morgan fingerprint density at radius 1 is 1.30 bits per heavy atom. The summed E-state index contributed by atoms with van der Waals surface area (Å²) in [6.07, 6.45) is 0.259. The summed E-state index contributed by atoms with van der Waals surface area (Å²) in [6, 6.07) is 2.05. The molecule has 2 rings (SSSR count). The molecule has 20 heavy (non-hydrogen) atoms. The van der Waals surface area contributed by atoms with Gasteiger partial charge in [-0.1, -0.05) is 10.3 Å². The Bertz CT molecular complexity index is 636. The van der Waals surface area contributed by atoms with Gasteiger partial charge in [0, 0.05) is 6.61 Å². The van der Waals surface area contributed by atoms with Gasteiger partial charge in [0.2, 0.25) is 11.7 Å². The summed E-state index contributed by atoms with van der Waals surface area (Å²) in [5.74, 6) is 1.32. The Morgan fingerprint density at radius 2 is 2.05 bits per heavy atom. The standard InChI is InChI=1S/C13H16N4O3/c1-5-18-13(3,4)12-15-11(20-17-12)6-10-9(7-14)8(2)19-16-10/h5-6H2,1-4H3. The molecule has 0 amide bonds. The quantitative estimate of drug-likeness (QED) is 0.824. The van der Waals surface area contributed by atoms with Gasteiger partial charge < -0.3 is 13.8 Å². The van der Waals surface area contributed by atoms with Crippen molar-refractivity contribution in [2.45, 2.75) is 39.7 Å². The SMILES string of the molecule is CCOC(C)(C)c1noc(Cc2noc(C)c2C#N)n1. The molecule has 0 fully saturated rings. The first kappa shape index (κ1) is 14.2. The zero-order chi connectivity index (χ0) is 14.8. The van der Waals surface area contributed by atoms with Crippen molar-refractivity contribution in [1.29, 1.82) is 5.26 Å². The van der Waals surface area contributed by atoms with Gasteiger partial charge in [-0.25, -0.2) is 0 Å². The van der Waals surface area contributed by atoms with Crippen LogP contribution < -0.4 is 0 Å². The van der Waals surface area contributed by atoms with Crippen LogP contribution in [0.15, 0.2) is 9.05 Å². The molecule has 2 aromatic heterocycles. The van der Waals surface area contributed by atoms with E-state index in [0.29, 0.717) is 35.3 Å². The minimum absolute atomic E-state index is 0.259. The van der Waals surface area contributed by atoms with E-state index in [-0.39, 0.29) is 6.42 Å². The average molecular weight is 276 g/mol. The second kappa shape index (κ2) is 5.43. The monoisotopic (exact) mass is 276 g/mol. The van der Waals surface area contributed by atoms with Gasteiger partial charge in [0.25, 0.3) is 0 Å². The molecule has 7 nitrogen and oxygen atoms in total. The van der Waals surface area contributed by atoms with Gasteiger partial charge in [-0.05, 0) is 27.7 Å². The molecule has 0 aliphatic heterocycles. The molecule has 0 radical (unpaired) electrons. The van der Waals surface area contributed by atoms with Crippen molar-refractivity contribution in [1.82, 2.24) is 15.3 Å². The van der Waals surface area contributed by atoms with Crippen molar-refractivity contribution in [3.8, 4) is 6.07 Å². The lowest BCUT2D eigenvalue weighted by Gasteiger charge is -2.19. The molecule has 0 spiro atoms. The van der Waals surface area contributed by atoms with Crippen molar-refractivity contribution in [2.24, 2.45) is 0 Å². The highest BCUT2D eigenvalue weighted by atomic mass is 16.5. The van der Waals surface area contributed by atoms with Gasteiger partial charge in [-0.2, -0.15) is 10.2 Å². The van der Waals surface area contributed by atoms with Crippen molar-refractivity contribution in [2.75, 3.05) is 6.61 Å². The molecular weight excluding hydrogens is 260 g/mol. The molecule has 0 aromatic carbocycles. The normalized spacial score (nSPS) is 11.6. The summed E-state index contributed by atoms with van der Waals surface area (Å²) in [5, 5.41) is 16.8. The van der Waals surface area contributed by atoms with Crippen LogP contribution >= 0.6 is 0 Å². The first-order chi connectivity index (χ1) is 9.47. The number of nitrogens with zero attached hydrogens (tertiary/aromatic N) is 4. The van der Waals surface area contributed by atoms with Crippen LogP contribution in [0.4, 0.5) is 0 Å². The van der Waals surface area contributed by atoms with Crippen LogP contribution in [-0.4, -0.2) is 21.9 Å². The van der Waals surface area contributed by atoms with Crippen molar-refractivity contribution >= 4 is 0 Å². The minimum atomic E-state index is -0.617. The van der Waals surface area contributed by atoms with E-state index in [1.54, 1.807) is 6.92 Å². The fourth-order valence-electron chi connectivity index (χ4n) is 1.82. The lowest BCUT2D eigenvalue weighted by Crippen LogP contribution is -2.23. The zero-order valence-electron chi connectivity index (χ0n) is 11.9. The maximum absolute atomic E-state index is 9.03. The first-order valence-corrected chi connectivity index (χ1v) is 6.30. The third kappa shape index (κ3) is 2.70. The van der Waals surface area contributed by atoms with Crippen LogP contribution in [0, 0.1) is 18.3 Å². The van der Waals surface area contributed by atoms with Gasteiger partial charge in [0.05, 0.1) is 6.42 Å². The molecule has 0 bridgehead atoms. The van der Waals surface area contributed by atoms with E-state index in [1.807, 2.05) is 20.8 Å². The van der Waals surface area contributed by atoms with Crippen LogP contribution in [0.1, 0.15) is 49.5 Å². The maximum Gasteiger partial charge on any atom is 0.232 e. The molecule has 0 aliphatic rings. The lowest BCUT2D eigenvalue weighted by atomic mass is 10.1. The van der Waals surface area contributed by atoms with Crippen molar-refractivity contribution < 1.29 is 13.8 Å². The highest BCUT2D eigenvalue weighted by Gasteiger charge is 2.27. The molecular formula is C13H16N4O3. The van der Waals surface area contributed by atoms with Gasteiger partial charge >= 0.3 is 0 Å². The third-order valence-corrected chi connectivity index (χ3v) is 2.88. The van der Waals surface area contributed by atoms with Gasteiger partial charge in [0.15, 0.2) is 5.76 Å². The van der Waals surface area contributed by atoms with Crippen LogP contribution in [-0.2, 0) is 16.8 Å². The maximum atomic E-state index is 9.03. The molecule has 0 N–H and O–H groups in total. The number of nitriles is 1. The minimum Gasteiger partial charge on any atom is -0.368 e. The molecule has 2 aromatic rings. The van der Waals surface area contributed by atoms with Gasteiger partial charge in [-0.15, -0.1) is 0 Å². The molecule has 0 saturated carbocycles. The van der Waals surface area contributed by atoms with E-state index in [4.69, 9.17) is 19.0 Å². The topological polar surface area (TPSA) is 98.0 Å². The summed E-state index contributed by atoms with van der Waals surface area (Å²) in [7, 11) is 0. The van der Waals surface area contributed by atoms with E-state index in [9.17, 15) is 0 Å². The number of aryl methyl sites for hydroxylation is 1.